The summed E-state index contributed by atoms with van der Waals surface area (Å²) < 4.78 is 23.2. The number of fused-ring (bicyclic) bond motifs is 4. The molecular formula is C33H26O10. The average molecular weight is 583 g/mol. The third kappa shape index (κ3) is 4.40. The molecule has 43 heavy (non-hydrogen) atoms. The fourth-order valence-corrected chi connectivity index (χ4v) is 5.52. The number of benzene rings is 5. The quantitative estimate of drug-likeness (QED) is 0.0908. The minimum absolute atomic E-state index is 0.00952. The van der Waals surface area contributed by atoms with Crippen LogP contribution in [0.4, 0.5) is 0 Å². The molecule has 10 heteroatoms. The van der Waals surface area contributed by atoms with Crippen molar-refractivity contribution in [2.24, 2.45) is 0 Å². The molecule has 0 atom stereocenters. The summed E-state index contributed by atoms with van der Waals surface area (Å²) in [6.45, 7) is 0. The zero-order chi connectivity index (χ0) is 30.6. The summed E-state index contributed by atoms with van der Waals surface area (Å²) in [4.78, 5) is 13.4. The molecule has 0 spiro atoms. The summed E-state index contributed by atoms with van der Waals surface area (Å²) in [6.07, 6.45) is 0.155. The molecule has 218 valence electrons. The van der Waals surface area contributed by atoms with E-state index in [1.165, 1.54) is 57.7 Å². The lowest BCUT2D eigenvalue weighted by Gasteiger charge is -2.21. The van der Waals surface area contributed by atoms with Gasteiger partial charge in [0.15, 0.2) is 34.5 Å². The number of phenolic OH excluding ortho intramolecular Hbond substituents is 5. The van der Waals surface area contributed by atoms with E-state index in [2.05, 4.69) is 0 Å². The Labute approximate surface area is 243 Å². The van der Waals surface area contributed by atoms with Crippen LogP contribution in [-0.4, -0.2) is 46.9 Å². The molecule has 0 unspecified atom stereocenters. The first-order valence-corrected chi connectivity index (χ1v) is 13.1. The van der Waals surface area contributed by atoms with Crippen molar-refractivity contribution in [3.63, 3.8) is 0 Å². The van der Waals surface area contributed by atoms with Gasteiger partial charge < -0.3 is 44.2 Å². The number of aromatic hydroxyl groups is 5. The standard InChI is InChI=1S/C33H26O10/c1-40-27-12-17(34)5-6-18(27)29-19-13-28(41-2)31(39)33(42-3)30(19)21-10-16-11-24(37)25(38)14-26(16)43-32(21)20(29)8-15-4-7-22(35)23(36)9-15/h4-7,9-14,34-38H,8H2,1-3H3. The molecule has 0 amide bonds. The minimum Gasteiger partial charge on any atom is -0.508 e. The lowest BCUT2D eigenvalue weighted by Crippen LogP contribution is -2.10. The third-order valence-corrected chi connectivity index (χ3v) is 7.48. The van der Waals surface area contributed by atoms with E-state index >= 15 is 0 Å². The Hall–Kier alpha value is -5.77. The molecule has 10 nitrogen and oxygen atoms in total. The van der Waals surface area contributed by atoms with Crippen LogP contribution in [0.5, 0.6) is 46.0 Å². The molecule has 0 radical (unpaired) electrons. The van der Waals surface area contributed by atoms with Crippen LogP contribution in [0.15, 0.2) is 69.9 Å². The summed E-state index contributed by atoms with van der Waals surface area (Å²) in [5.41, 5.74) is 2.34. The maximum atomic E-state index is 13.4. The fourth-order valence-electron chi connectivity index (χ4n) is 5.52. The van der Waals surface area contributed by atoms with Gasteiger partial charge in [0.05, 0.1) is 21.3 Å². The van der Waals surface area contributed by atoms with Gasteiger partial charge in [0.25, 0.3) is 5.43 Å². The number of ether oxygens (including phenoxy) is 3. The van der Waals surface area contributed by atoms with Crippen molar-refractivity contribution < 1.29 is 44.2 Å². The Bertz CT molecular complexity index is 2150. The summed E-state index contributed by atoms with van der Waals surface area (Å²) in [5, 5.41) is 52.8. The number of rotatable bonds is 6. The predicted molar refractivity (Wildman–Crippen MR) is 160 cm³/mol. The lowest BCUT2D eigenvalue weighted by molar-refractivity contribution is 0.391. The van der Waals surface area contributed by atoms with Crippen LogP contribution in [0.3, 0.4) is 0 Å². The van der Waals surface area contributed by atoms with E-state index in [9.17, 15) is 30.3 Å². The highest BCUT2D eigenvalue weighted by molar-refractivity contribution is 6.19. The highest BCUT2D eigenvalue weighted by atomic mass is 16.5. The van der Waals surface area contributed by atoms with E-state index in [4.69, 9.17) is 18.6 Å². The van der Waals surface area contributed by atoms with Crippen LogP contribution in [0.1, 0.15) is 11.1 Å². The monoisotopic (exact) mass is 582 g/mol. The van der Waals surface area contributed by atoms with Gasteiger partial charge in [-0.15, -0.1) is 0 Å². The smallest absolute Gasteiger partial charge is 0.262 e. The Balaban J connectivity index is 1.90. The van der Waals surface area contributed by atoms with Gasteiger partial charge >= 0.3 is 0 Å². The van der Waals surface area contributed by atoms with Gasteiger partial charge in [0, 0.05) is 51.4 Å². The first kappa shape index (κ1) is 27.4. The molecule has 5 N–H and O–H groups in total. The number of hydrogen-bond acceptors (Lipinski definition) is 10. The van der Waals surface area contributed by atoms with E-state index in [0.29, 0.717) is 55.1 Å². The Morgan fingerprint density at radius 2 is 1.42 bits per heavy atom. The van der Waals surface area contributed by atoms with Crippen LogP contribution in [-0.2, 0) is 6.42 Å². The highest BCUT2D eigenvalue weighted by Crippen LogP contribution is 2.48. The fraction of sp³-hybridized carbons (Fsp3) is 0.121. The summed E-state index contributed by atoms with van der Waals surface area (Å²) in [6, 6.07) is 15.0. The molecule has 1 aromatic heterocycles. The predicted octanol–water partition coefficient (Wildman–Crippen LogP) is 5.91. The van der Waals surface area contributed by atoms with Gasteiger partial charge in [-0.1, -0.05) is 6.07 Å². The molecular weight excluding hydrogens is 556 g/mol. The average Bonchev–Trinajstić information content (AvgIpc) is 2.99. The second-order valence-corrected chi connectivity index (χ2v) is 9.97. The normalized spacial score (nSPS) is 11.3. The topological polar surface area (TPSA) is 159 Å². The highest BCUT2D eigenvalue weighted by Gasteiger charge is 2.26. The first-order valence-electron chi connectivity index (χ1n) is 13.1. The van der Waals surface area contributed by atoms with E-state index in [-0.39, 0.29) is 52.3 Å². The first-order chi connectivity index (χ1) is 20.6. The van der Waals surface area contributed by atoms with Crippen molar-refractivity contribution in [3.05, 3.63) is 82.0 Å². The van der Waals surface area contributed by atoms with Crippen LogP contribution in [0.25, 0.3) is 43.8 Å². The molecule has 0 saturated carbocycles. The maximum absolute atomic E-state index is 13.4. The van der Waals surface area contributed by atoms with Crippen molar-refractivity contribution in [1.82, 2.24) is 0 Å². The van der Waals surface area contributed by atoms with Crippen LogP contribution < -0.4 is 19.6 Å². The largest absolute Gasteiger partial charge is 0.508 e. The molecule has 1 heterocycles. The van der Waals surface area contributed by atoms with E-state index < -0.39 is 5.43 Å². The van der Waals surface area contributed by atoms with Gasteiger partial charge in [-0.2, -0.15) is 0 Å². The molecule has 0 aliphatic carbocycles. The van der Waals surface area contributed by atoms with Gasteiger partial charge in [-0.3, -0.25) is 4.79 Å². The van der Waals surface area contributed by atoms with Crippen LogP contribution in [0, 0.1) is 0 Å². The third-order valence-electron chi connectivity index (χ3n) is 7.48. The maximum Gasteiger partial charge on any atom is 0.262 e. The van der Waals surface area contributed by atoms with Crippen LogP contribution >= 0.6 is 0 Å². The molecule has 6 rings (SSSR count). The summed E-state index contributed by atoms with van der Waals surface area (Å²) in [7, 11) is 4.21. The SMILES string of the molecule is COc1cc(O)ccc1-c1c(Cc2ccc(O)c(O)c2)c2oc3cc(O)c(O)cc3cc2c2c(OC)c(=O)c(OC)cc12. The van der Waals surface area contributed by atoms with Crippen LogP contribution in [0.2, 0.25) is 0 Å². The second kappa shape index (κ2) is 10.3. The molecule has 0 aliphatic heterocycles. The van der Waals surface area contributed by atoms with E-state index in [1.807, 2.05) is 0 Å². The van der Waals surface area contributed by atoms with E-state index in [1.54, 1.807) is 24.3 Å². The molecule has 0 aliphatic rings. The van der Waals surface area contributed by atoms with Crippen molar-refractivity contribution in [2.75, 3.05) is 21.3 Å². The van der Waals surface area contributed by atoms with Gasteiger partial charge in [0.1, 0.15) is 22.7 Å². The van der Waals surface area contributed by atoms with Gasteiger partial charge in [-0.25, -0.2) is 0 Å². The van der Waals surface area contributed by atoms with Crippen molar-refractivity contribution in [3.8, 4) is 57.1 Å². The number of methoxy groups -OCH3 is 3. The molecule has 6 aromatic rings. The minimum atomic E-state index is -0.493. The van der Waals surface area contributed by atoms with E-state index in [0.717, 1.165) is 0 Å². The summed E-state index contributed by atoms with van der Waals surface area (Å²) >= 11 is 0. The number of phenols is 5. The molecule has 5 aromatic carbocycles. The van der Waals surface area contributed by atoms with Crippen molar-refractivity contribution in [2.45, 2.75) is 6.42 Å². The molecule has 0 bridgehead atoms. The summed E-state index contributed by atoms with van der Waals surface area (Å²) in [5.74, 6) is -1.02. The number of hydrogen-bond donors (Lipinski definition) is 5. The van der Waals surface area contributed by atoms with Gasteiger partial charge in [-0.05, 0) is 53.4 Å². The Morgan fingerprint density at radius 1 is 0.698 bits per heavy atom. The lowest BCUT2D eigenvalue weighted by atomic mass is 9.86. The van der Waals surface area contributed by atoms with Crippen molar-refractivity contribution in [1.29, 1.82) is 0 Å². The zero-order valence-electron chi connectivity index (χ0n) is 23.3. The Morgan fingerprint density at radius 3 is 2.12 bits per heavy atom. The second-order valence-electron chi connectivity index (χ2n) is 9.97. The van der Waals surface area contributed by atoms with Crippen molar-refractivity contribution >= 4 is 32.7 Å². The Kier molecular flexibility index (Phi) is 6.53. The zero-order valence-corrected chi connectivity index (χ0v) is 23.3. The molecule has 0 saturated heterocycles. The van der Waals surface area contributed by atoms with Gasteiger partial charge in [0.2, 0.25) is 0 Å². The molecule has 0 fully saturated rings.